The van der Waals surface area contributed by atoms with Gasteiger partial charge in [-0.05, 0) is 124 Å². The van der Waals surface area contributed by atoms with E-state index in [0.29, 0.717) is 33.2 Å². The number of nitrogens with zero attached hydrogens (tertiary/aromatic N) is 9. The molecule has 0 fully saturated rings. The molecular weight excluding hydrogens is 2100 g/mol. The average Bonchev–Trinajstić information content (AvgIpc) is 0.791. The molecular formula is C97H59F12Ir3N9-6. The van der Waals surface area contributed by atoms with Crippen LogP contribution < -0.4 is 0 Å². The van der Waals surface area contributed by atoms with Gasteiger partial charge in [-0.15, -0.1) is 203 Å². The van der Waals surface area contributed by atoms with Gasteiger partial charge >= 0.3 is 24.7 Å². The molecule has 0 aliphatic carbocycles. The van der Waals surface area contributed by atoms with Crippen molar-refractivity contribution in [2.24, 2.45) is 0 Å². The smallest absolute Gasteiger partial charge is 0.305 e. The summed E-state index contributed by atoms with van der Waals surface area (Å²) in [7, 11) is 0. The minimum Gasteiger partial charge on any atom is -0.305 e. The van der Waals surface area contributed by atoms with Crippen LogP contribution in [0.4, 0.5) is 52.7 Å². The van der Waals surface area contributed by atoms with Crippen LogP contribution in [0.2, 0.25) is 0 Å². The predicted octanol–water partition coefficient (Wildman–Crippen LogP) is 26.0. The molecule has 0 unspecified atom stereocenters. The summed E-state index contributed by atoms with van der Waals surface area (Å²) in [5, 5.41) is 0. The zero-order valence-corrected chi connectivity index (χ0v) is 69.8. The number of halogens is 12. The summed E-state index contributed by atoms with van der Waals surface area (Å²) >= 11 is 0. The van der Waals surface area contributed by atoms with Gasteiger partial charge in [-0.25, -0.2) is 0 Å². The first-order chi connectivity index (χ1) is 57.1. The second-order valence-electron chi connectivity index (χ2n) is 25.5. The van der Waals surface area contributed by atoms with Crippen molar-refractivity contribution in [3.05, 3.63) is 417 Å². The van der Waals surface area contributed by atoms with Crippen LogP contribution in [0.15, 0.2) is 358 Å². The number of fused-ring (bicyclic) bond motifs is 3. The summed E-state index contributed by atoms with van der Waals surface area (Å²) in [5.41, 5.74) is 12.4. The average molecular weight is 2160 g/mol. The fourth-order valence-electron chi connectivity index (χ4n) is 11.7. The van der Waals surface area contributed by atoms with Crippen molar-refractivity contribution in [3.63, 3.8) is 0 Å². The Morgan fingerprint density at radius 1 is 0.190 bits per heavy atom. The largest absolute Gasteiger partial charge is 0.416 e. The summed E-state index contributed by atoms with van der Waals surface area (Å²) in [4.78, 5) is 40.3. The molecule has 6 aromatic heterocycles. The number of benzene rings is 12. The van der Waals surface area contributed by atoms with Crippen LogP contribution in [0.25, 0.3) is 134 Å². The molecule has 3 radical (unpaired) electrons. The maximum atomic E-state index is 12.9. The maximum absolute atomic E-state index is 12.9. The monoisotopic (exact) mass is 2160 g/mol. The van der Waals surface area contributed by atoms with E-state index < -0.39 is 47.0 Å². The first-order valence-corrected chi connectivity index (χ1v) is 36.1. The van der Waals surface area contributed by atoms with Crippen molar-refractivity contribution in [1.82, 2.24) is 44.9 Å². The van der Waals surface area contributed by atoms with E-state index in [1.807, 2.05) is 194 Å². The normalized spacial score (nSPS) is 10.9. The molecule has 12 aromatic carbocycles. The molecule has 9 nitrogen and oxygen atoms in total. The second-order valence-corrected chi connectivity index (χ2v) is 25.5. The van der Waals surface area contributed by atoms with E-state index in [9.17, 15) is 52.7 Å². The molecule has 0 amide bonds. The summed E-state index contributed by atoms with van der Waals surface area (Å²) < 4.78 is 155. The van der Waals surface area contributed by atoms with E-state index in [0.717, 1.165) is 116 Å². The Labute approximate surface area is 728 Å². The third-order valence-electron chi connectivity index (χ3n) is 17.4. The van der Waals surface area contributed by atoms with E-state index in [1.165, 1.54) is 36.4 Å². The van der Waals surface area contributed by atoms with Crippen LogP contribution in [-0.4, -0.2) is 44.9 Å². The zero-order chi connectivity index (χ0) is 82.5. The van der Waals surface area contributed by atoms with Crippen LogP contribution in [0, 0.1) is 36.4 Å². The third kappa shape index (κ3) is 24.5. The minimum atomic E-state index is -4.51. The summed E-state index contributed by atoms with van der Waals surface area (Å²) in [5.74, 6) is 0. The Balaban J connectivity index is 0.000000158. The first-order valence-electron chi connectivity index (χ1n) is 36.1. The van der Waals surface area contributed by atoms with Gasteiger partial charge in [0.15, 0.2) is 0 Å². The van der Waals surface area contributed by atoms with E-state index >= 15 is 0 Å². The van der Waals surface area contributed by atoms with E-state index in [2.05, 4.69) is 83.4 Å². The van der Waals surface area contributed by atoms with Gasteiger partial charge in [0.1, 0.15) is 0 Å². The molecule has 0 atom stereocenters. The Hall–Kier alpha value is -12.8. The fourth-order valence-corrected chi connectivity index (χ4v) is 11.7. The van der Waals surface area contributed by atoms with Crippen LogP contribution >= 0.6 is 0 Å². The van der Waals surface area contributed by atoms with E-state index in [1.54, 1.807) is 67.1 Å². The molecule has 18 aromatic rings. The van der Waals surface area contributed by atoms with Gasteiger partial charge in [-0.1, -0.05) is 127 Å². The second kappa shape index (κ2) is 42.2. The molecule has 18 rings (SSSR count). The summed E-state index contributed by atoms with van der Waals surface area (Å²) in [6.45, 7) is 0. The van der Waals surface area contributed by atoms with E-state index in [4.69, 9.17) is 9.97 Å². The Morgan fingerprint density at radius 2 is 0.421 bits per heavy atom. The van der Waals surface area contributed by atoms with Gasteiger partial charge in [-0.2, -0.15) is 52.7 Å². The van der Waals surface area contributed by atoms with Gasteiger partial charge < -0.3 is 15.0 Å². The van der Waals surface area contributed by atoms with Crippen LogP contribution in [-0.2, 0) is 85.0 Å². The number of aromatic nitrogens is 9. The topological polar surface area (TPSA) is 116 Å². The van der Waals surface area contributed by atoms with Gasteiger partial charge in [0, 0.05) is 96.0 Å². The number of hydrogen-bond donors (Lipinski definition) is 0. The van der Waals surface area contributed by atoms with Gasteiger partial charge in [0.2, 0.25) is 0 Å². The van der Waals surface area contributed by atoms with Crippen LogP contribution in [0.1, 0.15) is 22.3 Å². The number of alkyl halides is 12. The summed E-state index contributed by atoms with van der Waals surface area (Å²) in [6.07, 6.45) is -12.6. The summed E-state index contributed by atoms with van der Waals surface area (Å²) in [6, 6.07) is 113. The molecule has 6 heterocycles. The zero-order valence-electron chi connectivity index (χ0n) is 62.6. The van der Waals surface area contributed by atoms with Gasteiger partial charge in [0.05, 0.1) is 61.3 Å². The fraction of sp³-hybridized carbons (Fsp3) is 0.0412. The number of rotatable bonds is 9. The molecule has 121 heavy (non-hydrogen) atoms. The molecule has 24 heteroatoms. The van der Waals surface area contributed by atoms with Crippen LogP contribution in [0.5, 0.6) is 0 Å². The van der Waals surface area contributed by atoms with E-state index in [-0.39, 0.29) is 94.2 Å². The molecule has 609 valence electrons. The SMILES string of the molecule is FC(F)(F)c1c[c-]c(-c2nc3ccccc3nc2-c2ccc(C(F)(F)F)cc2)cc1.FC(F)(F)c1c[c-]c(-c2nc3ccccc3nc2-c2ccc(C(F)(F)F)cc2)cc1.[Ir].[Ir].[Ir].[c-]1ccccc1-c1ccccn1.[c-]1ccccc1-c1ccccn1.[c-]1ccccc1-c1ccccn1.[c-]1ccccc1-c1nc2ccccc2nc1-c1ccccc1. The molecule has 0 bridgehead atoms. The third-order valence-corrected chi connectivity index (χ3v) is 17.4. The Bertz CT molecular complexity index is 5490. The number of para-hydroxylation sites is 6. The quantitative estimate of drug-likeness (QED) is 0.103. The van der Waals surface area contributed by atoms with Crippen molar-refractivity contribution in [2.45, 2.75) is 24.7 Å². The predicted molar refractivity (Wildman–Crippen MR) is 433 cm³/mol. The maximum Gasteiger partial charge on any atom is 0.416 e. The van der Waals surface area contributed by atoms with Crippen molar-refractivity contribution in [2.75, 3.05) is 0 Å². The Morgan fingerprint density at radius 3 is 0.661 bits per heavy atom. The van der Waals surface area contributed by atoms with Crippen molar-refractivity contribution < 1.29 is 113 Å². The Kier molecular flexibility index (Phi) is 31.6. The molecule has 0 aliphatic heterocycles. The molecule has 0 spiro atoms. The van der Waals surface area contributed by atoms with Crippen molar-refractivity contribution in [1.29, 1.82) is 0 Å². The first kappa shape index (κ1) is 90.5. The number of hydrogen-bond acceptors (Lipinski definition) is 9. The molecule has 0 aliphatic rings. The van der Waals surface area contributed by atoms with Crippen molar-refractivity contribution in [3.8, 4) is 101 Å². The van der Waals surface area contributed by atoms with Crippen LogP contribution in [0.3, 0.4) is 0 Å². The van der Waals surface area contributed by atoms with Gasteiger partial charge in [-0.3, -0.25) is 29.9 Å². The molecule has 0 saturated carbocycles. The van der Waals surface area contributed by atoms with Gasteiger partial charge in [0.25, 0.3) is 0 Å². The molecule has 0 saturated heterocycles. The van der Waals surface area contributed by atoms with Crippen molar-refractivity contribution >= 4 is 33.1 Å². The minimum absolute atomic E-state index is 0. The molecule has 0 N–H and O–H groups in total. The standard InChI is InChI=1S/2C22H11F6N2.C20H13N2.3C11H8N.3Ir/c2*23-21(24,25)15-9-5-13(6-10-15)19-20(30-18-4-2-1-3-17(18)29-19)14-7-11-16(12-8-14)22(26,27)28;1-3-9-15(10-4-1)19-20(16-11-5-2-6-12-16)22-18-14-8-7-13-17(18)21-19;3*1-2-6-10(7-3-1)11-8-4-5-9-12-11;;;/h2*1-7,9-12H;1-11,13-14H;3*1-6,8-9H;;;/q6*-1;;;. The number of pyridine rings is 3.